The maximum absolute atomic E-state index is 5.79. The third kappa shape index (κ3) is 2.04. The van der Waals surface area contributed by atoms with E-state index in [0.717, 1.165) is 0 Å². The van der Waals surface area contributed by atoms with Crippen molar-refractivity contribution in [1.29, 1.82) is 0 Å². The molecule has 0 rings (SSSR count). The van der Waals surface area contributed by atoms with E-state index in [0.29, 0.717) is 11.5 Å². The Labute approximate surface area is 90.2 Å². The lowest BCUT2D eigenvalue weighted by Gasteiger charge is -2.46. The Morgan fingerprint density at radius 2 is 1.29 bits per heavy atom. The quantitative estimate of drug-likeness (QED) is 0.657. The van der Waals surface area contributed by atoms with Crippen LogP contribution in [0.4, 0.5) is 0 Å². The summed E-state index contributed by atoms with van der Waals surface area (Å²) in [4.78, 5) is 0. The van der Waals surface area contributed by atoms with Crippen molar-refractivity contribution in [2.45, 2.75) is 52.1 Å². The van der Waals surface area contributed by atoms with Gasteiger partial charge in [0.2, 0.25) is 0 Å². The average molecular weight is 218 g/mol. The lowest BCUT2D eigenvalue weighted by atomic mass is 9.99. The largest absolute Gasteiger partial charge is 0.397 e. The smallest absolute Gasteiger partial charge is 0.346 e. The molecule has 0 heterocycles. The minimum absolute atomic E-state index is 0.130. The molecule has 0 fully saturated rings. The Hall–Kier alpha value is 0.137. The van der Waals surface area contributed by atoms with E-state index in [1.165, 1.54) is 0 Å². The lowest BCUT2D eigenvalue weighted by Crippen LogP contribution is -2.54. The normalized spacial score (nSPS) is 14.1. The second-order valence-electron chi connectivity index (χ2n) is 5.11. The highest BCUT2D eigenvalue weighted by Gasteiger charge is 2.54. The summed E-state index contributed by atoms with van der Waals surface area (Å²) in [5, 5.41) is 0.130. The molecule has 0 aromatic rings. The fourth-order valence-electron chi connectivity index (χ4n) is 2.23. The van der Waals surface area contributed by atoms with Crippen LogP contribution in [-0.2, 0) is 8.85 Å². The van der Waals surface area contributed by atoms with Crippen LogP contribution in [0.25, 0.3) is 0 Å². The summed E-state index contributed by atoms with van der Waals surface area (Å²) < 4.78 is 11.6. The van der Waals surface area contributed by atoms with Crippen LogP contribution in [0.2, 0.25) is 10.6 Å². The average Bonchev–Trinajstić information content (AvgIpc) is 2.05. The van der Waals surface area contributed by atoms with E-state index in [-0.39, 0.29) is 5.04 Å². The molecule has 0 unspecified atom stereocenters. The van der Waals surface area contributed by atoms with Crippen molar-refractivity contribution in [2.75, 3.05) is 14.2 Å². The SMILES string of the molecule is CO[Si](OC)(C(C)C)C(C)(C)C(C)C. The highest BCUT2D eigenvalue weighted by molar-refractivity contribution is 6.71. The Morgan fingerprint density at radius 3 is 1.36 bits per heavy atom. The van der Waals surface area contributed by atoms with Gasteiger partial charge in [-0.1, -0.05) is 41.5 Å². The molecule has 0 bridgehead atoms. The lowest BCUT2D eigenvalue weighted by molar-refractivity contribution is 0.183. The van der Waals surface area contributed by atoms with Gasteiger partial charge in [-0.05, 0) is 11.5 Å². The van der Waals surface area contributed by atoms with Crippen LogP contribution < -0.4 is 0 Å². The van der Waals surface area contributed by atoms with E-state index >= 15 is 0 Å². The van der Waals surface area contributed by atoms with Gasteiger partial charge in [0.25, 0.3) is 0 Å². The van der Waals surface area contributed by atoms with E-state index in [1.807, 2.05) is 0 Å². The minimum atomic E-state index is -2.11. The standard InChI is InChI=1S/C11H26O2Si/c1-9(2)11(5,6)14(12-7,13-8)10(3)4/h9-10H,1-8H3. The first-order valence-electron chi connectivity index (χ1n) is 5.36. The predicted octanol–water partition coefficient (Wildman–Crippen LogP) is 3.57. The van der Waals surface area contributed by atoms with Crippen LogP contribution in [-0.4, -0.2) is 22.8 Å². The van der Waals surface area contributed by atoms with Crippen molar-refractivity contribution >= 4 is 8.56 Å². The van der Waals surface area contributed by atoms with Crippen LogP contribution >= 0.6 is 0 Å². The van der Waals surface area contributed by atoms with Crippen LogP contribution in [0.5, 0.6) is 0 Å². The third-order valence-corrected chi connectivity index (χ3v) is 8.81. The molecule has 0 aromatic carbocycles. The molecule has 0 aliphatic heterocycles. The van der Waals surface area contributed by atoms with Gasteiger partial charge < -0.3 is 8.85 Å². The third-order valence-electron chi connectivity index (χ3n) is 3.71. The van der Waals surface area contributed by atoms with Gasteiger partial charge >= 0.3 is 8.56 Å². The molecule has 0 N–H and O–H groups in total. The van der Waals surface area contributed by atoms with Crippen molar-refractivity contribution in [3.8, 4) is 0 Å². The van der Waals surface area contributed by atoms with Gasteiger partial charge in [0.05, 0.1) is 0 Å². The van der Waals surface area contributed by atoms with E-state index in [2.05, 4.69) is 41.5 Å². The summed E-state index contributed by atoms with van der Waals surface area (Å²) in [7, 11) is 1.47. The molecule has 0 aromatic heterocycles. The van der Waals surface area contributed by atoms with Crippen LogP contribution in [0.3, 0.4) is 0 Å². The van der Waals surface area contributed by atoms with Crippen molar-refractivity contribution in [2.24, 2.45) is 5.92 Å². The van der Waals surface area contributed by atoms with E-state index in [9.17, 15) is 0 Å². The van der Waals surface area contributed by atoms with E-state index < -0.39 is 8.56 Å². The Kier molecular flexibility index (Phi) is 4.82. The highest BCUT2D eigenvalue weighted by atomic mass is 28.4. The Balaban J connectivity index is 5.17. The number of hydrogen-bond donors (Lipinski definition) is 0. The molecule has 14 heavy (non-hydrogen) atoms. The van der Waals surface area contributed by atoms with Crippen molar-refractivity contribution in [3.05, 3.63) is 0 Å². The molecule has 0 aliphatic rings. The molecule has 0 amide bonds. The maximum atomic E-state index is 5.79. The molecular formula is C11H26O2Si. The number of hydrogen-bond acceptors (Lipinski definition) is 2. The van der Waals surface area contributed by atoms with Gasteiger partial charge in [0.15, 0.2) is 0 Å². The zero-order chi connectivity index (χ0) is 11.6. The fraction of sp³-hybridized carbons (Fsp3) is 1.00. The second kappa shape index (κ2) is 4.77. The van der Waals surface area contributed by atoms with E-state index in [4.69, 9.17) is 8.85 Å². The van der Waals surface area contributed by atoms with E-state index in [1.54, 1.807) is 14.2 Å². The molecule has 86 valence electrons. The van der Waals surface area contributed by atoms with Crippen LogP contribution in [0, 0.1) is 5.92 Å². The second-order valence-corrected chi connectivity index (χ2v) is 9.70. The van der Waals surface area contributed by atoms with Crippen molar-refractivity contribution in [1.82, 2.24) is 0 Å². The summed E-state index contributed by atoms with van der Waals surface area (Å²) in [6.07, 6.45) is 0. The topological polar surface area (TPSA) is 18.5 Å². The van der Waals surface area contributed by atoms with Gasteiger partial charge in [-0.25, -0.2) is 0 Å². The van der Waals surface area contributed by atoms with Gasteiger partial charge in [-0.3, -0.25) is 0 Å². The van der Waals surface area contributed by atoms with Gasteiger partial charge in [-0.2, -0.15) is 0 Å². The molecule has 0 spiro atoms. The van der Waals surface area contributed by atoms with Gasteiger partial charge in [0.1, 0.15) is 0 Å². The van der Waals surface area contributed by atoms with Gasteiger partial charge in [0, 0.05) is 19.3 Å². The summed E-state index contributed by atoms with van der Waals surface area (Å²) in [5.74, 6) is 0.566. The molecule has 3 heteroatoms. The highest BCUT2D eigenvalue weighted by Crippen LogP contribution is 2.49. The molecule has 0 radical (unpaired) electrons. The molecular weight excluding hydrogens is 192 g/mol. The predicted molar refractivity (Wildman–Crippen MR) is 63.7 cm³/mol. The van der Waals surface area contributed by atoms with Crippen molar-refractivity contribution < 1.29 is 8.85 Å². The van der Waals surface area contributed by atoms with Crippen LogP contribution in [0.1, 0.15) is 41.5 Å². The minimum Gasteiger partial charge on any atom is -0.397 e. The van der Waals surface area contributed by atoms with Gasteiger partial charge in [-0.15, -0.1) is 0 Å². The summed E-state index contributed by atoms with van der Waals surface area (Å²) in [6.45, 7) is 13.4. The Bertz CT molecular complexity index is 172. The first kappa shape index (κ1) is 14.1. The number of rotatable bonds is 5. The fourth-order valence-corrected chi connectivity index (χ4v) is 6.68. The zero-order valence-electron chi connectivity index (χ0n) is 11.0. The van der Waals surface area contributed by atoms with Crippen molar-refractivity contribution in [3.63, 3.8) is 0 Å². The first-order chi connectivity index (χ1) is 6.26. The molecule has 0 saturated carbocycles. The summed E-state index contributed by atoms with van der Waals surface area (Å²) in [6, 6.07) is 0. The zero-order valence-corrected chi connectivity index (χ0v) is 12.0. The molecule has 2 nitrogen and oxygen atoms in total. The first-order valence-corrected chi connectivity index (χ1v) is 7.26. The summed E-state index contributed by atoms with van der Waals surface area (Å²) >= 11 is 0. The summed E-state index contributed by atoms with van der Waals surface area (Å²) in [5.41, 5.74) is 0.468. The van der Waals surface area contributed by atoms with Crippen LogP contribution in [0.15, 0.2) is 0 Å². The monoisotopic (exact) mass is 218 g/mol. The molecule has 0 aliphatic carbocycles. The molecule has 0 saturated heterocycles. The Morgan fingerprint density at radius 1 is 0.929 bits per heavy atom. The maximum Gasteiger partial charge on any atom is 0.346 e. The molecule has 0 atom stereocenters.